The molecule has 1 N–H and O–H groups in total. The van der Waals surface area contributed by atoms with Crippen LogP contribution in [0.4, 0.5) is 0 Å². The highest BCUT2D eigenvalue weighted by molar-refractivity contribution is 7.89. The molecule has 0 fully saturated rings. The van der Waals surface area contributed by atoms with Crippen LogP contribution >= 0.6 is 0 Å². The summed E-state index contributed by atoms with van der Waals surface area (Å²) in [6, 6.07) is 15.2. The molecule has 2 aromatic carbocycles. The lowest BCUT2D eigenvalue weighted by Gasteiger charge is -2.15. The summed E-state index contributed by atoms with van der Waals surface area (Å²) in [4.78, 5) is 0.335. The van der Waals surface area contributed by atoms with E-state index in [9.17, 15) is 8.42 Å². The third-order valence-electron chi connectivity index (χ3n) is 3.85. The lowest BCUT2D eigenvalue weighted by Crippen LogP contribution is -2.33. The van der Waals surface area contributed by atoms with Crippen LogP contribution in [0.3, 0.4) is 0 Å². The molecule has 0 amide bonds. The van der Waals surface area contributed by atoms with Crippen molar-refractivity contribution in [2.24, 2.45) is 0 Å². The van der Waals surface area contributed by atoms with E-state index in [1.54, 1.807) is 12.1 Å². The fourth-order valence-corrected chi connectivity index (χ4v) is 3.66. The number of rotatable bonds is 6. The van der Waals surface area contributed by atoms with Crippen molar-refractivity contribution in [2.45, 2.75) is 44.6 Å². The van der Waals surface area contributed by atoms with Gasteiger partial charge in [-0.15, -0.1) is 0 Å². The summed E-state index contributed by atoms with van der Waals surface area (Å²) in [5, 5.41) is 0. The maximum atomic E-state index is 12.4. The second-order valence-electron chi connectivity index (χ2n) is 5.79. The molecule has 2 rings (SSSR count). The number of hydrogen-bond donors (Lipinski definition) is 1. The first-order valence-electron chi connectivity index (χ1n) is 7.52. The standard InChI is InChI=1S/C18H23NO2S/c1-14-9-12-18(13-15(14)2)22(20,21)19-16(3)10-11-17-7-5-4-6-8-17/h4-9,12-13,16,19H,10-11H2,1-3H3/t16-/m0/s1. The molecular weight excluding hydrogens is 294 g/mol. The molecule has 2 aromatic rings. The van der Waals surface area contributed by atoms with Crippen molar-refractivity contribution in [3.8, 4) is 0 Å². The Bertz CT molecular complexity index is 724. The Balaban J connectivity index is 2.00. The van der Waals surface area contributed by atoms with Gasteiger partial charge in [0.05, 0.1) is 4.90 Å². The van der Waals surface area contributed by atoms with E-state index >= 15 is 0 Å². The van der Waals surface area contributed by atoms with Gasteiger partial charge in [-0.1, -0.05) is 36.4 Å². The minimum absolute atomic E-state index is 0.105. The minimum atomic E-state index is -3.45. The van der Waals surface area contributed by atoms with Crippen LogP contribution in [-0.2, 0) is 16.4 Å². The molecule has 0 heterocycles. The summed E-state index contributed by atoms with van der Waals surface area (Å²) < 4.78 is 27.6. The third-order valence-corrected chi connectivity index (χ3v) is 5.44. The van der Waals surface area contributed by atoms with Gasteiger partial charge in [0.15, 0.2) is 0 Å². The molecule has 0 aliphatic heterocycles. The summed E-state index contributed by atoms with van der Waals surface area (Å²) in [6.45, 7) is 5.80. The predicted octanol–water partition coefficient (Wildman–Crippen LogP) is 3.60. The molecule has 1 atom stereocenters. The number of aryl methyl sites for hydroxylation is 3. The second kappa shape index (κ2) is 7.07. The third kappa shape index (κ3) is 4.42. The van der Waals surface area contributed by atoms with Gasteiger partial charge in [-0.25, -0.2) is 13.1 Å². The second-order valence-corrected chi connectivity index (χ2v) is 7.51. The van der Waals surface area contributed by atoms with Crippen molar-refractivity contribution in [2.75, 3.05) is 0 Å². The van der Waals surface area contributed by atoms with Crippen LogP contribution in [0.25, 0.3) is 0 Å². The largest absolute Gasteiger partial charge is 0.240 e. The van der Waals surface area contributed by atoms with E-state index < -0.39 is 10.0 Å². The van der Waals surface area contributed by atoms with Crippen LogP contribution in [0, 0.1) is 13.8 Å². The van der Waals surface area contributed by atoms with Crippen molar-refractivity contribution in [3.63, 3.8) is 0 Å². The molecular formula is C18H23NO2S. The Morgan fingerprint density at radius 3 is 2.32 bits per heavy atom. The molecule has 4 heteroatoms. The van der Waals surface area contributed by atoms with E-state index in [1.807, 2.05) is 45.0 Å². The minimum Gasteiger partial charge on any atom is -0.208 e. The van der Waals surface area contributed by atoms with Gasteiger partial charge in [0, 0.05) is 6.04 Å². The quantitative estimate of drug-likeness (QED) is 0.885. The van der Waals surface area contributed by atoms with E-state index in [4.69, 9.17) is 0 Å². The Hall–Kier alpha value is -1.65. The smallest absolute Gasteiger partial charge is 0.208 e. The van der Waals surface area contributed by atoms with Gasteiger partial charge in [0.1, 0.15) is 0 Å². The Kier molecular flexibility index (Phi) is 5.37. The van der Waals surface area contributed by atoms with Gasteiger partial charge in [0.25, 0.3) is 0 Å². The first-order valence-corrected chi connectivity index (χ1v) is 9.00. The van der Waals surface area contributed by atoms with E-state index in [1.165, 1.54) is 5.56 Å². The molecule has 0 bridgehead atoms. The summed E-state index contributed by atoms with van der Waals surface area (Å²) >= 11 is 0. The van der Waals surface area contributed by atoms with Crippen LogP contribution in [0.15, 0.2) is 53.4 Å². The molecule has 0 radical (unpaired) electrons. The lowest BCUT2D eigenvalue weighted by atomic mass is 10.1. The summed E-state index contributed by atoms with van der Waals surface area (Å²) in [7, 11) is -3.45. The molecule has 3 nitrogen and oxygen atoms in total. The van der Waals surface area contributed by atoms with Crippen molar-refractivity contribution < 1.29 is 8.42 Å². The number of hydrogen-bond acceptors (Lipinski definition) is 2. The van der Waals surface area contributed by atoms with Gasteiger partial charge in [-0.2, -0.15) is 0 Å². The molecule has 0 saturated heterocycles. The number of benzene rings is 2. The summed E-state index contributed by atoms with van der Waals surface area (Å²) in [5.74, 6) is 0. The summed E-state index contributed by atoms with van der Waals surface area (Å²) in [6.07, 6.45) is 1.63. The normalized spacial score (nSPS) is 13.0. The van der Waals surface area contributed by atoms with Crippen LogP contribution in [-0.4, -0.2) is 14.5 Å². The lowest BCUT2D eigenvalue weighted by molar-refractivity contribution is 0.547. The molecule has 0 aliphatic carbocycles. The van der Waals surface area contributed by atoms with Crippen molar-refractivity contribution in [1.82, 2.24) is 4.72 Å². The Morgan fingerprint density at radius 2 is 1.68 bits per heavy atom. The topological polar surface area (TPSA) is 46.2 Å². The number of nitrogens with one attached hydrogen (secondary N) is 1. The van der Waals surface area contributed by atoms with Crippen molar-refractivity contribution >= 4 is 10.0 Å². The zero-order valence-electron chi connectivity index (χ0n) is 13.3. The van der Waals surface area contributed by atoms with Gasteiger partial charge >= 0.3 is 0 Å². The van der Waals surface area contributed by atoms with Gasteiger partial charge in [-0.05, 0) is 62.4 Å². The van der Waals surface area contributed by atoms with E-state index in [2.05, 4.69) is 16.9 Å². The first kappa shape index (κ1) is 16.7. The molecule has 118 valence electrons. The first-order chi connectivity index (χ1) is 10.4. The van der Waals surface area contributed by atoms with Gasteiger partial charge in [0.2, 0.25) is 10.0 Å². The van der Waals surface area contributed by atoms with Crippen LogP contribution in [0.2, 0.25) is 0 Å². The molecule has 0 aromatic heterocycles. The van der Waals surface area contributed by atoms with E-state index in [0.29, 0.717) is 4.90 Å². The average molecular weight is 317 g/mol. The van der Waals surface area contributed by atoms with Crippen LogP contribution in [0.5, 0.6) is 0 Å². The van der Waals surface area contributed by atoms with Gasteiger partial charge < -0.3 is 0 Å². The fraction of sp³-hybridized carbons (Fsp3) is 0.333. The maximum Gasteiger partial charge on any atom is 0.240 e. The van der Waals surface area contributed by atoms with Crippen LogP contribution in [0.1, 0.15) is 30.0 Å². The van der Waals surface area contributed by atoms with Crippen molar-refractivity contribution in [1.29, 1.82) is 0 Å². The van der Waals surface area contributed by atoms with E-state index in [-0.39, 0.29) is 6.04 Å². The highest BCUT2D eigenvalue weighted by Gasteiger charge is 2.17. The van der Waals surface area contributed by atoms with Crippen molar-refractivity contribution in [3.05, 3.63) is 65.2 Å². The van der Waals surface area contributed by atoms with Crippen LogP contribution < -0.4 is 4.72 Å². The zero-order valence-corrected chi connectivity index (χ0v) is 14.2. The SMILES string of the molecule is Cc1ccc(S(=O)(=O)N[C@@H](C)CCc2ccccc2)cc1C. The molecule has 0 saturated carbocycles. The highest BCUT2D eigenvalue weighted by atomic mass is 32.2. The van der Waals surface area contributed by atoms with E-state index in [0.717, 1.165) is 24.0 Å². The molecule has 0 aliphatic rings. The molecule has 22 heavy (non-hydrogen) atoms. The molecule has 0 unspecified atom stereocenters. The highest BCUT2D eigenvalue weighted by Crippen LogP contribution is 2.15. The predicted molar refractivity (Wildman–Crippen MR) is 90.5 cm³/mol. The maximum absolute atomic E-state index is 12.4. The number of sulfonamides is 1. The Morgan fingerprint density at radius 1 is 1.00 bits per heavy atom. The molecule has 0 spiro atoms. The zero-order chi connectivity index (χ0) is 16.2. The summed E-state index contributed by atoms with van der Waals surface area (Å²) in [5.41, 5.74) is 3.30. The monoisotopic (exact) mass is 317 g/mol. The fourth-order valence-electron chi connectivity index (χ4n) is 2.30. The van der Waals surface area contributed by atoms with Gasteiger partial charge in [-0.3, -0.25) is 0 Å². The Labute approximate surface area is 133 Å². The average Bonchev–Trinajstić information content (AvgIpc) is 2.48.